The fourth-order valence-corrected chi connectivity index (χ4v) is 4.26. The zero-order valence-corrected chi connectivity index (χ0v) is 17.6. The molecule has 0 bridgehead atoms. The average molecular weight is 450 g/mol. The molecule has 5 nitrogen and oxygen atoms in total. The van der Waals surface area contributed by atoms with Crippen molar-refractivity contribution in [2.45, 2.75) is 18.8 Å². The summed E-state index contributed by atoms with van der Waals surface area (Å²) in [6, 6.07) is 10.2. The normalized spacial score (nSPS) is 16.1. The number of ether oxygens (including phenoxy) is 1. The second-order valence-electron chi connectivity index (χ2n) is 6.82. The average Bonchev–Trinajstić information content (AvgIpc) is 3.08. The van der Waals surface area contributed by atoms with Gasteiger partial charge in [0.25, 0.3) is 0 Å². The molecule has 7 heteroatoms. The minimum atomic E-state index is 0.433. The molecule has 0 amide bonds. The standard InChI is InChI=1S/C20H22BrClN4O/c1-27-19-12-17-18(13-23-19)26(16-4-2-15(21)3-5-16)24-20(17)14-6-9-25(10-7-14)11-8-22/h2-5,12-14H,6-11H2,1H3. The number of aromatic nitrogens is 3. The van der Waals surface area contributed by atoms with E-state index < -0.39 is 0 Å². The van der Waals surface area contributed by atoms with Gasteiger partial charge in [0.15, 0.2) is 0 Å². The van der Waals surface area contributed by atoms with Crippen molar-refractivity contribution in [3.63, 3.8) is 0 Å². The second-order valence-corrected chi connectivity index (χ2v) is 8.12. The van der Waals surface area contributed by atoms with E-state index in [1.807, 2.05) is 29.1 Å². The van der Waals surface area contributed by atoms with Crippen LogP contribution >= 0.6 is 27.5 Å². The Bertz CT molecular complexity index is 920. The topological polar surface area (TPSA) is 43.2 Å². The van der Waals surface area contributed by atoms with Gasteiger partial charge in [-0.25, -0.2) is 9.67 Å². The number of rotatable bonds is 5. The molecule has 4 rings (SSSR count). The van der Waals surface area contributed by atoms with Crippen molar-refractivity contribution in [2.75, 3.05) is 32.6 Å². The molecule has 1 aliphatic rings. The lowest BCUT2D eigenvalue weighted by Gasteiger charge is -2.30. The lowest BCUT2D eigenvalue weighted by atomic mass is 9.92. The minimum Gasteiger partial charge on any atom is -0.481 e. The summed E-state index contributed by atoms with van der Waals surface area (Å²) >= 11 is 9.40. The highest BCUT2D eigenvalue weighted by Gasteiger charge is 2.25. The summed E-state index contributed by atoms with van der Waals surface area (Å²) in [5, 5.41) is 6.15. The number of benzene rings is 1. The number of halogens is 2. The van der Waals surface area contributed by atoms with Crippen LogP contribution < -0.4 is 4.74 Å². The van der Waals surface area contributed by atoms with Gasteiger partial charge >= 0.3 is 0 Å². The van der Waals surface area contributed by atoms with Gasteiger partial charge in [-0.2, -0.15) is 5.10 Å². The van der Waals surface area contributed by atoms with Crippen molar-refractivity contribution in [3.05, 3.63) is 46.7 Å². The van der Waals surface area contributed by atoms with Crippen molar-refractivity contribution < 1.29 is 4.74 Å². The number of likely N-dealkylation sites (tertiary alicyclic amines) is 1. The molecule has 1 aliphatic heterocycles. The highest BCUT2D eigenvalue weighted by molar-refractivity contribution is 9.10. The predicted molar refractivity (Wildman–Crippen MR) is 112 cm³/mol. The number of pyridine rings is 1. The summed E-state index contributed by atoms with van der Waals surface area (Å²) in [6.07, 6.45) is 4.04. The van der Waals surface area contributed by atoms with E-state index in [1.54, 1.807) is 7.11 Å². The first kappa shape index (κ1) is 18.7. The molecule has 0 aliphatic carbocycles. The first-order valence-electron chi connectivity index (χ1n) is 9.16. The fourth-order valence-electron chi connectivity index (χ4n) is 3.76. The molecule has 3 aromatic rings. The van der Waals surface area contributed by atoms with E-state index >= 15 is 0 Å². The van der Waals surface area contributed by atoms with Crippen LogP contribution in [0.15, 0.2) is 41.0 Å². The Kier molecular flexibility index (Phi) is 5.66. The summed E-state index contributed by atoms with van der Waals surface area (Å²) in [5.41, 5.74) is 3.18. The van der Waals surface area contributed by atoms with Crippen molar-refractivity contribution in [2.24, 2.45) is 0 Å². The van der Waals surface area contributed by atoms with Crippen LogP contribution in [0.3, 0.4) is 0 Å². The minimum absolute atomic E-state index is 0.433. The predicted octanol–water partition coefficient (Wildman–Crippen LogP) is 4.61. The van der Waals surface area contributed by atoms with E-state index in [9.17, 15) is 0 Å². The van der Waals surface area contributed by atoms with E-state index in [-0.39, 0.29) is 0 Å². The summed E-state index contributed by atoms with van der Waals surface area (Å²) in [6.45, 7) is 3.08. The summed E-state index contributed by atoms with van der Waals surface area (Å²) in [5.74, 6) is 1.75. The van der Waals surface area contributed by atoms with E-state index in [4.69, 9.17) is 21.4 Å². The van der Waals surface area contributed by atoms with Crippen LogP contribution in [0, 0.1) is 0 Å². The van der Waals surface area contributed by atoms with Crippen molar-refractivity contribution in [1.82, 2.24) is 19.7 Å². The molecule has 0 unspecified atom stereocenters. The number of fused-ring (bicyclic) bond motifs is 1. The lowest BCUT2D eigenvalue weighted by molar-refractivity contribution is 0.222. The highest BCUT2D eigenvalue weighted by atomic mass is 79.9. The third kappa shape index (κ3) is 3.84. The van der Waals surface area contributed by atoms with Gasteiger partial charge in [-0.1, -0.05) is 15.9 Å². The largest absolute Gasteiger partial charge is 0.481 e. The van der Waals surface area contributed by atoms with Gasteiger partial charge in [0.2, 0.25) is 5.88 Å². The van der Waals surface area contributed by atoms with Gasteiger partial charge in [-0.05, 0) is 50.2 Å². The van der Waals surface area contributed by atoms with Crippen LogP contribution in [0.4, 0.5) is 0 Å². The maximum Gasteiger partial charge on any atom is 0.213 e. The van der Waals surface area contributed by atoms with Crippen LogP contribution in [0.25, 0.3) is 16.6 Å². The summed E-state index contributed by atoms with van der Waals surface area (Å²) in [7, 11) is 1.65. The molecule has 3 heterocycles. The Balaban J connectivity index is 1.74. The van der Waals surface area contributed by atoms with Gasteiger partial charge < -0.3 is 9.64 Å². The zero-order valence-electron chi connectivity index (χ0n) is 15.2. The smallest absolute Gasteiger partial charge is 0.213 e. The Labute approximate surface area is 172 Å². The molecule has 0 radical (unpaired) electrons. The highest BCUT2D eigenvalue weighted by Crippen LogP contribution is 2.34. The van der Waals surface area contributed by atoms with Crippen LogP contribution in [0.5, 0.6) is 5.88 Å². The van der Waals surface area contributed by atoms with Gasteiger partial charge in [0.1, 0.15) is 0 Å². The number of alkyl halides is 1. The Hall–Kier alpha value is -1.63. The molecule has 1 aromatic carbocycles. The molecule has 0 saturated carbocycles. The van der Waals surface area contributed by atoms with Crippen molar-refractivity contribution in [1.29, 1.82) is 0 Å². The van der Waals surface area contributed by atoms with Crippen LogP contribution in [0.1, 0.15) is 24.5 Å². The molecule has 142 valence electrons. The first-order valence-corrected chi connectivity index (χ1v) is 10.5. The van der Waals surface area contributed by atoms with E-state index in [0.29, 0.717) is 17.7 Å². The molecule has 0 spiro atoms. The zero-order chi connectivity index (χ0) is 18.8. The third-order valence-corrected chi connectivity index (χ3v) is 5.92. The molecule has 0 atom stereocenters. The van der Waals surface area contributed by atoms with Gasteiger partial charge in [-0.15, -0.1) is 11.6 Å². The Morgan fingerprint density at radius 2 is 1.96 bits per heavy atom. The van der Waals surface area contributed by atoms with Gasteiger partial charge in [-0.3, -0.25) is 0 Å². The fraction of sp³-hybridized carbons (Fsp3) is 0.400. The summed E-state index contributed by atoms with van der Waals surface area (Å²) < 4.78 is 8.41. The number of piperidine rings is 1. The molecular weight excluding hydrogens is 428 g/mol. The summed E-state index contributed by atoms with van der Waals surface area (Å²) in [4.78, 5) is 6.84. The molecule has 2 aromatic heterocycles. The maximum atomic E-state index is 5.90. The van der Waals surface area contributed by atoms with E-state index in [1.165, 1.54) is 0 Å². The van der Waals surface area contributed by atoms with E-state index in [0.717, 1.165) is 59.2 Å². The quantitative estimate of drug-likeness (QED) is 0.534. The number of methoxy groups -OCH3 is 1. The first-order chi connectivity index (χ1) is 13.2. The van der Waals surface area contributed by atoms with Crippen LogP contribution in [-0.4, -0.2) is 52.3 Å². The third-order valence-electron chi connectivity index (χ3n) is 5.23. The van der Waals surface area contributed by atoms with Crippen molar-refractivity contribution in [3.8, 4) is 11.6 Å². The lowest BCUT2D eigenvalue weighted by Crippen LogP contribution is -2.34. The van der Waals surface area contributed by atoms with Crippen LogP contribution in [0.2, 0.25) is 0 Å². The Morgan fingerprint density at radius 1 is 1.22 bits per heavy atom. The second kappa shape index (κ2) is 8.17. The number of nitrogens with zero attached hydrogens (tertiary/aromatic N) is 4. The van der Waals surface area contributed by atoms with Crippen molar-refractivity contribution >= 4 is 38.4 Å². The van der Waals surface area contributed by atoms with E-state index in [2.05, 4.69) is 37.9 Å². The molecule has 0 N–H and O–H groups in total. The molecular formula is C20H22BrClN4O. The number of hydrogen-bond acceptors (Lipinski definition) is 4. The van der Waals surface area contributed by atoms with Gasteiger partial charge in [0.05, 0.1) is 30.2 Å². The molecule has 27 heavy (non-hydrogen) atoms. The van der Waals surface area contributed by atoms with Crippen LogP contribution in [-0.2, 0) is 0 Å². The molecule has 1 fully saturated rings. The Morgan fingerprint density at radius 3 is 2.63 bits per heavy atom. The maximum absolute atomic E-state index is 5.90. The van der Waals surface area contributed by atoms with Gasteiger partial charge in [0, 0.05) is 34.3 Å². The number of hydrogen-bond donors (Lipinski definition) is 0. The molecule has 1 saturated heterocycles. The SMILES string of the molecule is COc1cc2c(C3CCN(CCCl)CC3)nn(-c3ccc(Br)cc3)c2cn1. The monoisotopic (exact) mass is 448 g/mol.